The number of nitrogens with two attached hydrogens (primary N) is 1. The summed E-state index contributed by atoms with van der Waals surface area (Å²) in [5.74, 6) is 0.543. The lowest BCUT2D eigenvalue weighted by atomic mass is 9.76. The lowest BCUT2D eigenvalue weighted by Crippen LogP contribution is -2.45. The molecule has 2 fully saturated rings. The molecule has 5 heteroatoms. The van der Waals surface area contributed by atoms with Crippen LogP contribution in [0, 0.1) is 5.41 Å². The lowest BCUT2D eigenvalue weighted by Gasteiger charge is -2.30. The summed E-state index contributed by atoms with van der Waals surface area (Å²) in [7, 11) is 0. The third kappa shape index (κ3) is 3.73. The maximum Gasteiger partial charge on any atom is 0.189 e. The fourth-order valence-corrected chi connectivity index (χ4v) is 2.88. The second-order valence-electron chi connectivity index (χ2n) is 6.76. The van der Waals surface area contributed by atoms with Crippen molar-refractivity contribution >= 4 is 29.9 Å². The first kappa shape index (κ1) is 16.0. The van der Waals surface area contributed by atoms with Gasteiger partial charge in [-0.25, -0.2) is 0 Å². The quantitative estimate of drug-likeness (QED) is 0.447. The topological polar surface area (TPSA) is 59.6 Å². The van der Waals surface area contributed by atoms with Gasteiger partial charge in [-0.2, -0.15) is 0 Å². The SMILES string of the molecule is CC(C)(C)NC(N)=NCC1(C)CC2CCC1O2.I. The Kier molecular flexibility index (Phi) is 4.92. The van der Waals surface area contributed by atoms with E-state index < -0.39 is 0 Å². The maximum atomic E-state index is 5.89. The van der Waals surface area contributed by atoms with Gasteiger partial charge in [0.15, 0.2) is 5.96 Å². The lowest BCUT2D eigenvalue weighted by molar-refractivity contribution is 0.0706. The summed E-state index contributed by atoms with van der Waals surface area (Å²) in [5, 5.41) is 3.19. The number of ether oxygens (including phenoxy) is 1. The molecule has 4 nitrogen and oxygen atoms in total. The standard InChI is InChI=1S/C13H25N3O.HI/c1-12(2,3)16-11(14)15-8-13(4)7-9-5-6-10(13)17-9;/h9-10H,5-8H2,1-4H3,(H3,14,15,16);1H. The average Bonchev–Trinajstić information content (AvgIpc) is 2.72. The molecule has 2 bridgehead atoms. The van der Waals surface area contributed by atoms with Gasteiger partial charge in [0.1, 0.15) is 0 Å². The zero-order chi connectivity index (χ0) is 12.7. The fraction of sp³-hybridized carbons (Fsp3) is 0.923. The summed E-state index contributed by atoms with van der Waals surface area (Å²) in [6, 6.07) is 0. The van der Waals surface area contributed by atoms with Gasteiger partial charge in [0.25, 0.3) is 0 Å². The first-order valence-electron chi connectivity index (χ1n) is 6.52. The van der Waals surface area contributed by atoms with Crippen LogP contribution in [0.5, 0.6) is 0 Å². The zero-order valence-electron chi connectivity index (χ0n) is 11.8. The minimum atomic E-state index is -0.0281. The van der Waals surface area contributed by atoms with Crippen LogP contribution in [0.1, 0.15) is 47.0 Å². The average molecular weight is 367 g/mol. The van der Waals surface area contributed by atoms with E-state index in [1.807, 2.05) is 0 Å². The highest BCUT2D eigenvalue weighted by atomic mass is 127. The molecule has 0 amide bonds. The molecule has 0 saturated carbocycles. The Hall–Kier alpha value is -0.0400. The predicted molar refractivity (Wildman–Crippen MR) is 85.4 cm³/mol. The van der Waals surface area contributed by atoms with Crippen LogP contribution >= 0.6 is 24.0 Å². The highest BCUT2D eigenvalue weighted by Gasteiger charge is 2.49. The van der Waals surface area contributed by atoms with Gasteiger partial charge in [-0.15, -0.1) is 24.0 Å². The summed E-state index contributed by atoms with van der Waals surface area (Å²) in [5.41, 5.74) is 6.05. The van der Waals surface area contributed by atoms with Crippen molar-refractivity contribution in [1.82, 2.24) is 5.32 Å². The summed E-state index contributed by atoms with van der Waals surface area (Å²) in [6.07, 6.45) is 4.39. The van der Waals surface area contributed by atoms with Gasteiger partial charge in [-0.1, -0.05) is 6.92 Å². The van der Waals surface area contributed by atoms with Gasteiger partial charge in [-0.3, -0.25) is 4.99 Å². The van der Waals surface area contributed by atoms with Gasteiger partial charge in [0.2, 0.25) is 0 Å². The van der Waals surface area contributed by atoms with Crippen molar-refractivity contribution in [2.24, 2.45) is 16.1 Å². The highest BCUT2D eigenvalue weighted by Crippen LogP contribution is 2.47. The Morgan fingerprint density at radius 1 is 1.44 bits per heavy atom. The summed E-state index contributed by atoms with van der Waals surface area (Å²) < 4.78 is 5.89. The third-order valence-corrected chi connectivity index (χ3v) is 3.69. The molecule has 2 saturated heterocycles. The van der Waals surface area contributed by atoms with E-state index >= 15 is 0 Å². The van der Waals surface area contributed by atoms with E-state index in [1.165, 1.54) is 12.8 Å². The van der Waals surface area contributed by atoms with Crippen LogP contribution in [-0.2, 0) is 4.74 Å². The van der Waals surface area contributed by atoms with Crippen molar-refractivity contribution in [1.29, 1.82) is 0 Å². The van der Waals surface area contributed by atoms with Gasteiger partial charge in [0.05, 0.1) is 18.8 Å². The van der Waals surface area contributed by atoms with Crippen LogP contribution < -0.4 is 11.1 Å². The van der Waals surface area contributed by atoms with E-state index in [-0.39, 0.29) is 34.9 Å². The molecule has 0 aliphatic carbocycles. The molecule has 0 aromatic carbocycles. The number of rotatable bonds is 2. The Bertz CT molecular complexity index is 327. The Morgan fingerprint density at radius 3 is 2.56 bits per heavy atom. The van der Waals surface area contributed by atoms with Gasteiger partial charge < -0.3 is 15.8 Å². The summed E-state index contributed by atoms with van der Waals surface area (Å²) in [6.45, 7) is 9.28. The highest BCUT2D eigenvalue weighted by molar-refractivity contribution is 14.0. The monoisotopic (exact) mass is 367 g/mol. The number of fused-ring (bicyclic) bond motifs is 2. The molecule has 0 spiro atoms. The molecule has 0 radical (unpaired) electrons. The Labute approximate surface area is 127 Å². The Balaban J connectivity index is 0.00000162. The van der Waals surface area contributed by atoms with Crippen LogP contribution in [0.4, 0.5) is 0 Å². The van der Waals surface area contributed by atoms with Gasteiger partial charge in [0, 0.05) is 11.0 Å². The van der Waals surface area contributed by atoms with Crippen LogP contribution in [-0.4, -0.2) is 30.3 Å². The van der Waals surface area contributed by atoms with Crippen LogP contribution in [0.25, 0.3) is 0 Å². The molecule has 3 unspecified atom stereocenters. The molecule has 2 aliphatic rings. The van der Waals surface area contributed by atoms with E-state index in [4.69, 9.17) is 10.5 Å². The second kappa shape index (κ2) is 5.53. The molecule has 3 atom stereocenters. The molecule has 2 aliphatic heterocycles. The summed E-state index contributed by atoms with van der Waals surface area (Å²) in [4.78, 5) is 4.49. The number of halogens is 1. The van der Waals surface area contributed by atoms with E-state index in [0.29, 0.717) is 18.2 Å². The van der Waals surface area contributed by atoms with E-state index in [2.05, 4.69) is 38.0 Å². The minimum absolute atomic E-state index is 0. The largest absolute Gasteiger partial charge is 0.374 e. The molecular formula is C13H26IN3O. The normalized spacial score (nSPS) is 35.4. The summed E-state index contributed by atoms with van der Waals surface area (Å²) >= 11 is 0. The Morgan fingerprint density at radius 2 is 2.11 bits per heavy atom. The molecular weight excluding hydrogens is 341 g/mol. The zero-order valence-corrected chi connectivity index (χ0v) is 14.2. The first-order valence-corrected chi connectivity index (χ1v) is 6.52. The van der Waals surface area contributed by atoms with E-state index in [1.54, 1.807) is 0 Å². The molecule has 2 heterocycles. The van der Waals surface area contributed by atoms with Crippen molar-refractivity contribution in [2.75, 3.05) is 6.54 Å². The van der Waals surface area contributed by atoms with Crippen molar-refractivity contribution in [3.05, 3.63) is 0 Å². The number of guanidine groups is 1. The fourth-order valence-electron chi connectivity index (χ4n) is 2.88. The maximum absolute atomic E-state index is 5.89. The van der Waals surface area contributed by atoms with Crippen molar-refractivity contribution < 1.29 is 4.74 Å². The number of hydrogen-bond acceptors (Lipinski definition) is 2. The molecule has 106 valence electrons. The van der Waals surface area contributed by atoms with Crippen LogP contribution in [0.3, 0.4) is 0 Å². The van der Waals surface area contributed by atoms with Crippen LogP contribution in [0.2, 0.25) is 0 Å². The van der Waals surface area contributed by atoms with Crippen molar-refractivity contribution in [2.45, 2.75) is 64.7 Å². The van der Waals surface area contributed by atoms with Gasteiger partial charge in [-0.05, 0) is 40.0 Å². The minimum Gasteiger partial charge on any atom is -0.374 e. The number of aliphatic imine (C=N–C) groups is 1. The molecule has 0 aromatic heterocycles. The van der Waals surface area contributed by atoms with E-state index in [0.717, 1.165) is 13.0 Å². The number of nitrogens with zero attached hydrogens (tertiary/aromatic N) is 1. The van der Waals surface area contributed by atoms with Gasteiger partial charge >= 0.3 is 0 Å². The van der Waals surface area contributed by atoms with Crippen LogP contribution in [0.15, 0.2) is 4.99 Å². The molecule has 3 N–H and O–H groups in total. The predicted octanol–water partition coefficient (Wildman–Crippen LogP) is 2.26. The molecule has 0 aromatic rings. The number of nitrogens with one attached hydrogen (secondary N) is 1. The van der Waals surface area contributed by atoms with Crippen molar-refractivity contribution in [3.63, 3.8) is 0 Å². The molecule has 18 heavy (non-hydrogen) atoms. The smallest absolute Gasteiger partial charge is 0.189 e. The second-order valence-corrected chi connectivity index (χ2v) is 6.76. The van der Waals surface area contributed by atoms with E-state index in [9.17, 15) is 0 Å². The first-order chi connectivity index (χ1) is 7.78. The third-order valence-electron chi connectivity index (χ3n) is 3.69. The number of hydrogen-bond donors (Lipinski definition) is 2. The molecule has 2 rings (SSSR count). The van der Waals surface area contributed by atoms with Crippen molar-refractivity contribution in [3.8, 4) is 0 Å².